The number of carbonyl (C=O) groups is 3. The molecule has 56 heavy (non-hydrogen) atoms. The predicted molar refractivity (Wildman–Crippen MR) is 241 cm³/mol. The summed E-state index contributed by atoms with van der Waals surface area (Å²) in [5.74, 6) is 1.85. The maximum Gasteiger partial charge on any atom is 0.224 e. The van der Waals surface area contributed by atoms with E-state index in [0.29, 0.717) is 56.0 Å². The molecule has 11 heteroatoms. The molecule has 0 radical (unpaired) electrons. The number of nitrogens with one attached hydrogen (secondary N) is 6. The molecule has 9 atom stereocenters. The normalized spacial score (nSPS) is 25.8. The van der Waals surface area contributed by atoms with Crippen LogP contribution in [0.2, 0.25) is 0 Å². The van der Waals surface area contributed by atoms with Gasteiger partial charge >= 0.3 is 0 Å². The molecule has 10 nitrogen and oxygen atoms in total. The molecule has 1 fully saturated rings. The van der Waals surface area contributed by atoms with Crippen molar-refractivity contribution in [3.8, 4) is 0 Å². The van der Waals surface area contributed by atoms with Gasteiger partial charge in [0.2, 0.25) is 11.8 Å². The first-order valence-corrected chi connectivity index (χ1v) is 22.4. The highest BCUT2D eigenvalue weighted by molar-refractivity contribution is 7.81. The highest BCUT2D eigenvalue weighted by Crippen LogP contribution is 2.37. The number of Topliss-reactive ketones (excluding diaryl/α,β-unsaturated/α-hetero) is 1. The van der Waals surface area contributed by atoms with Crippen molar-refractivity contribution in [1.82, 2.24) is 32.1 Å². The van der Waals surface area contributed by atoms with Gasteiger partial charge in [0.1, 0.15) is 5.78 Å². The van der Waals surface area contributed by atoms with E-state index in [2.05, 4.69) is 101 Å². The quantitative estimate of drug-likeness (QED) is 0.0338. The molecule has 0 bridgehead atoms. The third-order valence-electron chi connectivity index (χ3n) is 14.1. The molecule has 2 amide bonds. The second kappa shape index (κ2) is 22.7. The minimum absolute atomic E-state index is 0.0141. The van der Waals surface area contributed by atoms with E-state index < -0.39 is 11.5 Å². The van der Waals surface area contributed by atoms with Gasteiger partial charge in [-0.3, -0.25) is 24.8 Å². The largest absolute Gasteiger partial charge is 0.356 e. The number of ketones is 1. The van der Waals surface area contributed by atoms with Crippen LogP contribution in [0.5, 0.6) is 0 Å². The Bertz CT molecular complexity index is 1240. The second-order valence-electron chi connectivity index (χ2n) is 20.7. The van der Waals surface area contributed by atoms with Crippen molar-refractivity contribution in [2.24, 2.45) is 68.1 Å². The SMILES string of the molecule is CCC(C)(CNC(=O)C(C)CC/N=C\C(C)(NNC)C(S)C(C)C(=O)NCC(C)C(C)C1(C)CNCC(C)(C(C)CC(=O)C(C)(C)C)CNC1)CC(C)C(C)C. The molecule has 1 heterocycles. The molecule has 0 aliphatic carbocycles. The zero-order valence-electron chi connectivity index (χ0n) is 39.1. The Labute approximate surface area is 350 Å². The fourth-order valence-corrected chi connectivity index (χ4v) is 8.04. The van der Waals surface area contributed by atoms with Crippen LogP contribution >= 0.6 is 12.6 Å². The molecule has 328 valence electrons. The van der Waals surface area contributed by atoms with E-state index in [0.717, 1.165) is 39.0 Å². The summed E-state index contributed by atoms with van der Waals surface area (Å²) in [6, 6.07) is 0. The molecule has 1 aliphatic heterocycles. The lowest BCUT2D eigenvalue weighted by Crippen LogP contribution is -2.59. The Morgan fingerprint density at radius 1 is 0.839 bits per heavy atom. The maximum absolute atomic E-state index is 13.6. The second-order valence-corrected chi connectivity index (χ2v) is 21.3. The number of carbonyl (C=O) groups excluding carboxylic acids is 3. The highest BCUT2D eigenvalue weighted by atomic mass is 32.1. The summed E-state index contributed by atoms with van der Waals surface area (Å²) in [5, 5.41) is 13.7. The molecule has 1 saturated heterocycles. The fraction of sp³-hybridized carbons (Fsp3) is 0.911. The van der Waals surface area contributed by atoms with Gasteiger partial charge in [0, 0.05) is 80.9 Å². The zero-order chi connectivity index (χ0) is 43.3. The predicted octanol–water partition coefficient (Wildman–Crippen LogP) is 6.95. The van der Waals surface area contributed by atoms with Gasteiger partial charge in [0.15, 0.2) is 0 Å². The molecule has 9 unspecified atom stereocenters. The number of rotatable bonds is 23. The Balaban J connectivity index is 2.76. The van der Waals surface area contributed by atoms with Crippen LogP contribution in [0.1, 0.15) is 136 Å². The fourth-order valence-electron chi connectivity index (χ4n) is 7.78. The summed E-state index contributed by atoms with van der Waals surface area (Å²) >= 11 is 4.96. The summed E-state index contributed by atoms with van der Waals surface area (Å²) < 4.78 is 0. The van der Waals surface area contributed by atoms with Crippen LogP contribution in [0.3, 0.4) is 0 Å². The average Bonchev–Trinajstić information content (AvgIpc) is 3.12. The standard InChI is InChI=1S/C45H89N7O3S/c1-18-42(13,22-32(5)30(2)3)24-51-39(54)31(4)19-20-47-29-45(16,52-46-17)38(56)35(8)40(55)50-23-33(6)36(9)44(15)27-48-25-43(14,26-49-28-44)34(7)21-37(53)41(10,11)12/h29-36,38,46,48-49,52,56H,18-28H2,1-17H3,(H,50,55)(H,51,54)/b47-29-. The highest BCUT2D eigenvalue weighted by Gasteiger charge is 2.41. The van der Waals surface area contributed by atoms with E-state index in [9.17, 15) is 14.4 Å². The minimum atomic E-state index is -0.717. The van der Waals surface area contributed by atoms with E-state index in [4.69, 9.17) is 17.6 Å². The summed E-state index contributed by atoms with van der Waals surface area (Å²) in [5.41, 5.74) is 5.32. The lowest BCUT2D eigenvalue weighted by Gasteiger charge is -2.46. The van der Waals surface area contributed by atoms with Gasteiger partial charge in [-0.2, -0.15) is 12.6 Å². The van der Waals surface area contributed by atoms with Crippen LogP contribution in [0.25, 0.3) is 0 Å². The topological polar surface area (TPSA) is 136 Å². The minimum Gasteiger partial charge on any atom is -0.356 e. The molecular weight excluding hydrogens is 719 g/mol. The summed E-state index contributed by atoms with van der Waals surface area (Å²) in [4.78, 5) is 44.2. The first-order chi connectivity index (χ1) is 25.7. The monoisotopic (exact) mass is 808 g/mol. The molecule has 1 aliphatic rings. The van der Waals surface area contributed by atoms with Crippen molar-refractivity contribution in [2.45, 2.75) is 147 Å². The number of nitrogens with zero attached hydrogens (tertiary/aromatic N) is 1. The lowest BCUT2D eigenvalue weighted by molar-refractivity contribution is -0.128. The first kappa shape index (κ1) is 52.5. The van der Waals surface area contributed by atoms with Crippen LogP contribution in [0.15, 0.2) is 4.99 Å². The van der Waals surface area contributed by atoms with Crippen molar-refractivity contribution in [1.29, 1.82) is 0 Å². The summed E-state index contributed by atoms with van der Waals surface area (Å²) in [6.45, 7) is 39.7. The van der Waals surface area contributed by atoms with E-state index in [-0.39, 0.29) is 56.5 Å². The molecular formula is C45H89N7O3S. The van der Waals surface area contributed by atoms with E-state index >= 15 is 0 Å². The third-order valence-corrected chi connectivity index (χ3v) is 15.1. The molecule has 0 saturated carbocycles. The van der Waals surface area contributed by atoms with Gasteiger partial charge in [-0.15, -0.1) is 0 Å². The van der Waals surface area contributed by atoms with E-state index in [1.54, 1.807) is 7.05 Å². The Kier molecular flexibility index (Phi) is 21.3. The first-order valence-electron chi connectivity index (χ1n) is 21.8. The lowest BCUT2D eigenvalue weighted by atomic mass is 9.69. The molecule has 0 aromatic heterocycles. The number of hydrogen-bond donors (Lipinski definition) is 7. The Morgan fingerprint density at radius 3 is 1.89 bits per heavy atom. The van der Waals surface area contributed by atoms with Gasteiger partial charge in [0.05, 0.1) is 5.54 Å². The number of thiol groups is 1. The van der Waals surface area contributed by atoms with Crippen LogP contribution in [-0.4, -0.2) is 87.5 Å². The molecule has 1 rings (SSSR count). The summed E-state index contributed by atoms with van der Waals surface area (Å²) in [6.07, 6.45) is 5.18. The average molecular weight is 808 g/mol. The number of hydrogen-bond acceptors (Lipinski definition) is 9. The molecule has 6 N–H and O–H groups in total. The van der Waals surface area contributed by atoms with Crippen LogP contribution in [0, 0.1) is 63.1 Å². The molecule has 0 spiro atoms. The van der Waals surface area contributed by atoms with Gasteiger partial charge in [-0.1, -0.05) is 104 Å². The summed E-state index contributed by atoms with van der Waals surface area (Å²) in [7, 11) is 1.80. The van der Waals surface area contributed by atoms with Crippen LogP contribution in [0.4, 0.5) is 0 Å². The van der Waals surface area contributed by atoms with Crippen molar-refractivity contribution >= 4 is 36.4 Å². The van der Waals surface area contributed by atoms with Gasteiger partial charge < -0.3 is 21.3 Å². The maximum atomic E-state index is 13.6. The van der Waals surface area contributed by atoms with Gasteiger partial charge in [-0.25, -0.2) is 5.43 Å². The van der Waals surface area contributed by atoms with Crippen LogP contribution < -0.4 is 32.1 Å². The number of aliphatic imine (C=N–C) groups is 1. The van der Waals surface area contributed by atoms with Gasteiger partial charge in [0.25, 0.3) is 0 Å². The Hall–Kier alpha value is -1.53. The van der Waals surface area contributed by atoms with Crippen LogP contribution in [-0.2, 0) is 14.4 Å². The van der Waals surface area contributed by atoms with Crippen molar-refractivity contribution in [2.75, 3.05) is 52.9 Å². The smallest absolute Gasteiger partial charge is 0.224 e. The number of hydrazine groups is 1. The Morgan fingerprint density at radius 2 is 1.39 bits per heavy atom. The van der Waals surface area contributed by atoms with Crippen molar-refractivity contribution in [3.05, 3.63) is 0 Å². The molecule has 0 aromatic rings. The molecule has 0 aromatic carbocycles. The van der Waals surface area contributed by atoms with E-state index in [1.165, 1.54) is 0 Å². The van der Waals surface area contributed by atoms with Gasteiger partial charge in [-0.05, 0) is 79.1 Å². The number of amides is 2. The van der Waals surface area contributed by atoms with Crippen molar-refractivity contribution < 1.29 is 14.4 Å². The zero-order valence-corrected chi connectivity index (χ0v) is 40.0. The van der Waals surface area contributed by atoms with E-state index in [1.807, 2.05) is 47.8 Å². The van der Waals surface area contributed by atoms with Crippen molar-refractivity contribution in [3.63, 3.8) is 0 Å². The third kappa shape index (κ3) is 15.9.